The molecule has 7 heteroatoms. The number of likely N-dealkylation sites (tertiary alicyclic amines) is 2. The summed E-state index contributed by atoms with van der Waals surface area (Å²) in [6.45, 7) is 5.10. The molecule has 3 amide bonds. The van der Waals surface area contributed by atoms with Crippen LogP contribution in [0.15, 0.2) is 24.3 Å². The number of benzene rings is 1. The van der Waals surface area contributed by atoms with Crippen molar-refractivity contribution in [3.63, 3.8) is 0 Å². The van der Waals surface area contributed by atoms with Crippen molar-refractivity contribution >= 4 is 11.9 Å². The molecule has 2 heterocycles. The maximum Gasteiger partial charge on any atom is 0.319 e. The molecule has 0 aromatic heterocycles. The summed E-state index contributed by atoms with van der Waals surface area (Å²) in [6.07, 6.45) is 4.61. The van der Waals surface area contributed by atoms with Crippen LogP contribution in [0.4, 0.5) is 4.79 Å². The Bertz CT molecular complexity index is 703. The second kappa shape index (κ2) is 9.96. The second-order valence-electron chi connectivity index (χ2n) is 8.20. The number of ether oxygens (including phenoxy) is 1. The molecule has 1 unspecified atom stereocenters. The monoisotopic (exact) mass is 402 g/mol. The van der Waals surface area contributed by atoms with E-state index < -0.39 is 0 Å². The van der Waals surface area contributed by atoms with Gasteiger partial charge in [0.05, 0.1) is 13.2 Å². The molecule has 7 nitrogen and oxygen atoms in total. The number of hydrogen-bond donors (Lipinski definition) is 0. The first-order valence-corrected chi connectivity index (χ1v) is 10.6. The van der Waals surface area contributed by atoms with E-state index in [-0.39, 0.29) is 18.0 Å². The molecular weight excluding hydrogens is 368 g/mol. The largest absolute Gasteiger partial charge is 0.497 e. The maximum absolute atomic E-state index is 12.9. The van der Waals surface area contributed by atoms with Gasteiger partial charge in [0.1, 0.15) is 5.75 Å². The molecular formula is C22H34N4O3. The van der Waals surface area contributed by atoms with E-state index in [1.165, 1.54) is 19.3 Å². The van der Waals surface area contributed by atoms with Gasteiger partial charge in [-0.2, -0.15) is 0 Å². The normalized spacial score (nSPS) is 19.8. The highest BCUT2D eigenvalue weighted by atomic mass is 16.5. The van der Waals surface area contributed by atoms with Crippen molar-refractivity contribution in [1.29, 1.82) is 0 Å². The van der Waals surface area contributed by atoms with E-state index in [1.807, 2.05) is 28.0 Å². The molecule has 1 atom stereocenters. The molecule has 3 rings (SSSR count). The van der Waals surface area contributed by atoms with E-state index in [1.54, 1.807) is 32.2 Å². The number of amides is 3. The fraction of sp³-hybridized carbons (Fsp3) is 0.636. The molecule has 0 radical (unpaired) electrons. The second-order valence-corrected chi connectivity index (χ2v) is 8.20. The van der Waals surface area contributed by atoms with Crippen molar-refractivity contribution in [2.75, 3.05) is 60.5 Å². The van der Waals surface area contributed by atoms with Gasteiger partial charge in [-0.25, -0.2) is 4.79 Å². The number of nitrogens with zero attached hydrogens (tertiary/aromatic N) is 4. The van der Waals surface area contributed by atoms with Crippen molar-refractivity contribution in [2.24, 2.45) is 0 Å². The summed E-state index contributed by atoms with van der Waals surface area (Å²) in [4.78, 5) is 33.7. The first-order valence-electron chi connectivity index (χ1n) is 10.6. The molecule has 2 saturated heterocycles. The predicted octanol–water partition coefficient (Wildman–Crippen LogP) is 2.38. The van der Waals surface area contributed by atoms with Crippen LogP contribution in [0.1, 0.15) is 36.0 Å². The van der Waals surface area contributed by atoms with Crippen molar-refractivity contribution in [3.8, 4) is 5.75 Å². The topological polar surface area (TPSA) is 56.3 Å². The van der Waals surface area contributed by atoms with Crippen LogP contribution in [-0.4, -0.2) is 98.1 Å². The van der Waals surface area contributed by atoms with Crippen molar-refractivity contribution < 1.29 is 14.3 Å². The Balaban J connectivity index is 1.64. The molecule has 1 aromatic rings. The molecule has 29 heavy (non-hydrogen) atoms. The smallest absolute Gasteiger partial charge is 0.319 e. The molecule has 1 aromatic carbocycles. The molecule has 160 valence electrons. The average Bonchev–Trinajstić information content (AvgIpc) is 3.23. The Hall–Kier alpha value is -2.28. The van der Waals surface area contributed by atoms with Crippen LogP contribution in [0.5, 0.6) is 5.75 Å². The van der Waals surface area contributed by atoms with E-state index in [2.05, 4.69) is 4.90 Å². The van der Waals surface area contributed by atoms with E-state index in [4.69, 9.17) is 4.74 Å². The molecule has 2 aliphatic heterocycles. The fourth-order valence-corrected chi connectivity index (χ4v) is 4.24. The number of carbonyl (C=O) groups excluding carboxylic acids is 2. The van der Waals surface area contributed by atoms with Gasteiger partial charge in [-0.1, -0.05) is 12.5 Å². The minimum Gasteiger partial charge on any atom is -0.497 e. The number of carbonyl (C=O) groups is 2. The van der Waals surface area contributed by atoms with Gasteiger partial charge in [-0.05, 0) is 50.6 Å². The minimum atomic E-state index is -0.000294. The van der Waals surface area contributed by atoms with Crippen LogP contribution < -0.4 is 4.74 Å². The molecule has 0 aliphatic carbocycles. The molecule has 0 N–H and O–H groups in total. The Labute approximate surface area is 174 Å². The van der Waals surface area contributed by atoms with Crippen molar-refractivity contribution in [2.45, 2.75) is 31.7 Å². The molecule has 2 fully saturated rings. The highest BCUT2D eigenvalue weighted by Crippen LogP contribution is 2.21. The van der Waals surface area contributed by atoms with E-state index in [0.29, 0.717) is 30.9 Å². The first kappa shape index (κ1) is 21.4. The van der Waals surface area contributed by atoms with Crippen LogP contribution >= 0.6 is 0 Å². The number of hydrogen-bond acceptors (Lipinski definition) is 4. The maximum atomic E-state index is 12.9. The van der Waals surface area contributed by atoms with Crippen LogP contribution in [0, 0.1) is 0 Å². The van der Waals surface area contributed by atoms with E-state index in [0.717, 1.165) is 26.1 Å². The summed E-state index contributed by atoms with van der Waals surface area (Å²) in [5.74, 6) is 0.678. The van der Waals surface area contributed by atoms with Crippen LogP contribution in [0.2, 0.25) is 0 Å². The highest BCUT2D eigenvalue weighted by Gasteiger charge is 2.34. The van der Waals surface area contributed by atoms with Gasteiger partial charge in [0.2, 0.25) is 0 Å². The molecule has 0 saturated carbocycles. The number of urea groups is 1. The fourth-order valence-electron chi connectivity index (χ4n) is 4.24. The Morgan fingerprint density at radius 1 is 1.14 bits per heavy atom. The van der Waals surface area contributed by atoms with Crippen LogP contribution in [-0.2, 0) is 0 Å². The third-order valence-corrected chi connectivity index (χ3v) is 5.94. The van der Waals surface area contributed by atoms with Crippen molar-refractivity contribution in [3.05, 3.63) is 29.8 Å². The van der Waals surface area contributed by atoms with Crippen LogP contribution in [0.25, 0.3) is 0 Å². The lowest BCUT2D eigenvalue weighted by Crippen LogP contribution is -2.50. The summed E-state index contributed by atoms with van der Waals surface area (Å²) in [7, 11) is 5.19. The molecule has 2 aliphatic rings. The van der Waals surface area contributed by atoms with E-state index >= 15 is 0 Å². The summed E-state index contributed by atoms with van der Waals surface area (Å²) in [5.41, 5.74) is 0.629. The number of methoxy groups -OCH3 is 1. The van der Waals surface area contributed by atoms with Gasteiger partial charge in [0.25, 0.3) is 5.91 Å². The average molecular weight is 403 g/mol. The van der Waals surface area contributed by atoms with Gasteiger partial charge in [-0.15, -0.1) is 0 Å². The van der Waals surface area contributed by atoms with Crippen molar-refractivity contribution in [1.82, 2.24) is 19.6 Å². The Morgan fingerprint density at radius 3 is 2.59 bits per heavy atom. The van der Waals surface area contributed by atoms with Gasteiger partial charge in [0.15, 0.2) is 0 Å². The first-order chi connectivity index (χ1) is 14.0. The lowest BCUT2D eigenvalue weighted by atomic mass is 10.1. The molecule has 0 spiro atoms. The Kier molecular flexibility index (Phi) is 7.36. The minimum absolute atomic E-state index is 0.000294. The third-order valence-electron chi connectivity index (χ3n) is 5.94. The number of piperidine rings is 1. The summed E-state index contributed by atoms with van der Waals surface area (Å²) in [6, 6.07) is 7.35. The van der Waals surface area contributed by atoms with Crippen LogP contribution in [0.3, 0.4) is 0 Å². The predicted molar refractivity (Wildman–Crippen MR) is 113 cm³/mol. The lowest BCUT2D eigenvalue weighted by Gasteiger charge is -2.34. The zero-order valence-electron chi connectivity index (χ0n) is 18.0. The Morgan fingerprint density at radius 2 is 1.90 bits per heavy atom. The zero-order chi connectivity index (χ0) is 20.8. The lowest BCUT2D eigenvalue weighted by molar-refractivity contribution is 0.0773. The van der Waals surface area contributed by atoms with Gasteiger partial charge >= 0.3 is 6.03 Å². The SMILES string of the molecule is COc1cccc(C(=O)N2CCC(N(CCN3CCCCC3)C(=O)N(C)C)C2)c1. The quantitative estimate of drug-likeness (QED) is 0.733. The summed E-state index contributed by atoms with van der Waals surface area (Å²) >= 11 is 0. The zero-order valence-corrected chi connectivity index (χ0v) is 18.0. The van der Waals surface area contributed by atoms with Gasteiger partial charge in [-0.3, -0.25) is 4.79 Å². The van der Waals surface area contributed by atoms with Gasteiger partial charge in [0, 0.05) is 45.8 Å². The highest BCUT2D eigenvalue weighted by molar-refractivity contribution is 5.94. The van der Waals surface area contributed by atoms with E-state index in [9.17, 15) is 9.59 Å². The molecule has 0 bridgehead atoms. The standard InChI is InChI=1S/C22H34N4O3/c1-23(2)22(28)26(15-14-24-11-5-4-6-12-24)19-10-13-25(17-19)21(27)18-8-7-9-20(16-18)29-3/h7-9,16,19H,4-6,10-15,17H2,1-3H3. The van der Waals surface area contributed by atoms with Gasteiger partial charge < -0.3 is 24.3 Å². The third kappa shape index (κ3) is 5.41. The summed E-state index contributed by atoms with van der Waals surface area (Å²) < 4.78 is 5.24. The number of rotatable bonds is 6. The summed E-state index contributed by atoms with van der Waals surface area (Å²) in [5, 5.41) is 0.